The van der Waals surface area contributed by atoms with Crippen LogP contribution in [0.1, 0.15) is 32.1 Å². The van der Waals surface area contributed by atoms with Crippen molar-refractivity contribution in [2.45, 2.75) is 36.9 Å². The van der Waals surface area contributed by atoms with Crippen LogP contribution < -0.4 is 11.1 Å². The van der Waals surface area contributed by atoms with Crippen LogP contribution in [0.3, 0.4) is 0 Å². The van der Waals surface area contributed by atoms with Gasteiger partial charge in [-0.2, -0.15) is 11.8 Å². The van der Waals surface area contributed by atoms with Crippen LogP contribution in [0.2, 0.25) is 0 Å². The summed E-state index contributed by atoms with van der Waals surface area (Å²) < 4.78 is 0.246. The molecule has 6 nitrogen and oxygen atoms in total. The second-order valence-corrected chi connectivity index (χ2v) is 6.43. The number of nitro groups is 1. The Balaban J connectivity index is 2.03. The number of pyridine rings is 1. The fourth-order valence-electron chi connectivity index (χ4n) is 2.62. The third kappa shape index (κ3) is 3.33. The van der Waals surface area contributed by atoms with Gasteiger partial charge in [0, 0.05) is 17.4 Å². The number of thioether (sulfide) groups is 1. The summed E-state index contributed by atoms with van der Waals surface area (Å²) in [5.74, 6) is 0.564. The molecule has 1 aromatic rings. The molecule has 0 aliphatic heterocycles. The van der Waals surface area contributed by atoms with Gasteiger partial charge in [0.1, 0.15) is 5.82 Å². The molecular weight excluding hydrogens is 276 g/mol. The number of aromatic nitrogens is 1. The van der Waals surface area contributed by atoms with Gasteiger partial charge in [-0.3, -0.25) is 10.1 Å². The van der Waals surface area contributed by atoms with Crippen molar-refractivity contribution in [2.75, 3.05) is 23.9 Å². The van der Waals surface area contributed by atoms with Crippen molar-refractivity contribution in [2.24, 2.45) is 0 Å². The zero-order valence-electron chi connectivity index (χ0n) is 11.6. The number of hydrogen-bond acceptors (Lipinski definition) is 6. The molecule has 1 saturated carbocycles. The van der Waals surface area contributed by atoms with Crippen molar-refractivity contribution in [3.8, 4) is 0 Å². The van der Waals surface area contributed by atoms with E-state index in [1.807, 2.05) is 11.8 Å². The standard InChI is InChI=1S/C13H20N4O2S/c1-20-13(7-3-2-4-8-13)9-15-11-6-5-10(17(18)19)12(14)16-11/h5-6H,2-4,7-9H2,1H3,(H3,14,15,16). The normalized spacial score (nSPS) is 17.6. The van der Waals surface area contributed by atoms with Gasteiger partial charge in [-0.05, 0) is 25.2 Å². The Bertz CT molecular complexity index is 489. The van der Waals surface area contributed by atoms with Gasteiger partial charge >= 0.3 is 5.69 Å². The molecule has 0 aromatic carbocycles. The van der Waals surface area contributed by atoms with Crippen LogP contribution >= 0.6 is 11.8 Å². The van der Waals surface area contributed by atoms with Crippen LogP contribution in [0.25, 0.3) is 0 Å². The van der Waals surface area contributed by atoms with E-state index in [1.54, 1.807) is 6.07 Å². The predicted molar refractivity (Wildman–Crippen MR) is 83.1 cm³/mol. The van der Waals surface area contributed by atoms with Crippen molar-refractivity contribution in [1.29, 1.82) is 0 Å². The van der Waals surface area contributed by atoms with Crippen LogP contribution in [0.4, 0.5) is 17.3 Å². The Morgan fingerprint density at radius 2 is 2.15 bits per heavy atom. The summed E-state index contributed by atoms with van der Waals surface area (Å²) in [6.45, 7) is 0.818. The summed E-state index contributed by atoms with van der Waals surface area (Å²) in [6, 6.07) is 3.02. The number of anilines is 2. The molecule has 1 aliphatic rings. The molecule has 0 spiro atoms. The van der Waals surface area contributed by atoms with Crippen molar-refractivity contribution < 1.29 is 4.92 Å². The van der Waals surface area contributed by atoms with Gasteiger partial charge in [0.25, 0.3) is 0 Å². The Morgan fingerprint density at radius 1 is 1.45 bits per heavy atom. The maximum atomic E-state index is 10.7. The van der Waals surface area contributed by atoms with Crippen molar-refractivity contribution in [3.05, 3.63) is 22.2 Å². The summed E-state index contributed by atoms with van der Waals surface area (Å²) in [4.78, 5) is 14.2. The number of hydrogen-bond donors (Lipinski definition) is 2. The van der Waals surface area contributed by atoms with E-state index in [-0.39, 0.29) is 16.3 Å². The maximum absolute atomic E-state index is 10.7. The minimum absolute atomic E-state index is 0.0400. The molecule has 1 aromatic heterocycles. The molecule has 0 amide bonds. The molecule has 0 radical (unpaired) electrons. The van der Waals surface area contributed by atoms with E-state index in [0.717, 1.165) is 6.54 Å². The predicted octanol–water partition coefficient (Wildman–Crippen LogP) is 3.05. The van der Waals surface area contributed by atoms with E-state index in [9.17, 15) is 10.1 Å². The lowest BCUT2D eigenvalue weighted by Gasteiger charge is -2.36. The monoisotopic (exact) mass is 296 g/mol. The van der Waals surface area contributed by atoms with Gasteiger partial charge in [-0.1, -0.05) is 19.3 Å². The first-order valence-electron chi connectivity index (χ1n) is 6.76. The Hall–Kier alpha value is -1.50. The lowest BCUT2D eigenvalue weighted by atomic mass is 9.88. The first-order valence-corrected chi connectivity index (χ1v) is 7.99. The fraction of sp³-hybridized carbons (Fsp3) is 0.615. The Kier molecular flexibility index (Phi) is 4.69. The highest BCUT2D eigenvalue weighted by Gasteiger charge is 2.31. The molecule has 0 saturated heterocycles. The van der Waals surface area contributed by atoms with Gasteiger partial charge in [0.15, 0.2) is 0 Å². The maximum Gasteiger partial charge on any atom is 0.311 e. The van der Waals surface area contributed by atoms with Crippen LogP contribution in [0.5, 0.6) is 0 Å². The number of nitrogens with two attached hydrogens (primary N) is 1. The number of nitrogen functional groups attached to an aromatic ring is 1. The van der Waals surface area contributed by atoms with Gasteiger partial charge in [-0.15, -0.1) is 0 Å². The van der Waals surface area contributed by atoms with E-state index >= 15 is 0 Å². The first kappa shape index (κ1) is 14.9. The SMILES string of the molecule is CSC1(CNc2ccc([N+](=O)[O-])c(N)n2)CCCCC1. The van der Waals surface area contributed by atoms with Crippen molar-refractivity contribution in [1.82, 2.24) is 4.98 Å². The minimum atomic E-state index is -0.517. The van der Waals surface area contributed by atoms with Crippen molar-refractivity contribution in [3.63, 3.8) is 0 Å². The summed E-state index contributed by atoms with van der Waals surface area (Å²) in [7, 11) is 0. The molecule has 1 heterocycles. The molecule has 1 fully saturated rings. The van der Waals surface area contributed by atoms with E-state index in [4.69, 9.17) is 5.73 Å². The van der Waals surface area contributed by atoms with Crippen LogP contribution in [0.15, 0.2) is 12.1 Å². The molecule has 0 atom stereocenters. The van der Waals surface area contributed by atoms with Crippen LogP contribution in [-0.2, 0) is 0 Å². The molecule has 7 heteroatoms. The van der Waals surface area contributed by atoms with E-state index in [2.05, 4.69) is 16.6 Å². The molecular formula is C13H20N4O2S. The quantitative estimate of drug-likeness (QED) is 0.640. The molecule has 1 aliphatic carbocycles. The molecule has 110 valence electrons. The smallest absolute Gasteiger partial charge is 0.311 e. The topological polar surface area (TPSA) is 94.1 Å². The summed E-state index contributed by atoms with van der Waals surface area (Å²) in [5.41, 5.74) is 5.45. The second kappa shape index (κ2) is 6.30. The van der Waals surface area contributed by atoms with Crippen molar-refractivity contribution >= 4 is 29.1 Å². The third-order valence-corrected chi connectivity index (χ3v) is 5.31. The molecule has 0 bridgehead atoms. The summed E-state index contributed by atoms with van der Waals surface area (Å²) >= 11 is 1.89. The molecule has 3 N–H and O–H groups in total. The van der Waals surface area contributed by atoms with Gasteiger partial charge < -0.3 is 11.1 Å². The molecule has 20 heavy (non-hydrogen) atoms. The minimum Gasteiger partial charge on any atom is -0.378 e. The van der Waals surface area contributed by atoms with Gasteiger partial charge in [0.2, 0.25) is 5.82 Å². The number of nitrogens with one attached hydrogen (secondary N) is 1. The largest absolute Gasteiger partial charge is 0.378 e. The third-order valence-electron chi connectivity index (χ3n) is 3.89. The zero-order valence-corrected chi connectivity index (χ0v) is 12.4. The highest BCUT2D eigenvalue weighted by Crippen LogP contribution is 2.38. The average Bonchev–Trinajstić information content (AvgIpc) is 2.46. The Labute approximate surface area is 122 Å². The second-order valence-electron chi connectivity index (χ2n) is 5.16. The van der Waals surface area contributed by atoms with E-state index in [0.29, 0.717) is 5.82 Å². The zero-order chi connectivity index (χ0) is 14.6. The van der Waals surface area contributed by atoms with E-state index < -0.39 is 4.92 Å². The lowest BCUT2D eigenvalue weighted by molar-refractivity contribution is -0.384. The summed E-state index contributed by atoms with van der Waals surface area (Å²) in [5, 5.41) is 14.0. The van der Waals surface area contributed by atoms with Crippen LogP contribution in [0, 0.1) is 10.1 Å². The number of rotatable bonds is 5. The summed E-state index contributed by atoms with van der Waals surface area (Å²) in [6.07, 6.45) is 8.37. The van der Waals surface area contributed by atoms with E-state index in [1.165, 1.54) is 38.2 Å². The highest BCUT2D eigenvalue weighted by atomic mass is 32.2. The number of nitrogens with zero attached hydrogens (tertiary/aromatic N) is 2. The Morgan fingerprint density at radius 3 is 2.70 bits per heavy atom. The highest BCUT2D eigenvalue weighted by molar-refractivity contribution is 8.00. The molecule has 0 unspecified atom stereocenters. The first-order chi connectivity index (χ1) is 9.56. The van der Waals surface area contributed by atoms with Crippen LogP contribution in [-0.4, -0.2) is 27.5 Å². The average molecular weight is 296 g/mol. The molecule has 2 rings (SSSR count). The van der Waals surface area contributed by atoms with Gasteiger partial charge in [-0.25, -0.2) is 4.98 Å². The lowest BCUT2D eigenvalue weighted by Crippen LogP contribution is -2.35. The fourth-order valence-corrected chi connectivity index (χ4v) is 3.53. The van der Waals surface area contributed by atoms with Gasteiger partial charge in [0.05, 0.1) is 4.92 Å².